The molecule has 30 heavy (non-hydrogen) atoms. The number of amides is 2. The lowest BCUT2D eigenvalue weighted by Crippen LogP contribution is -2.32. The van der Waals surface area contributed by atoms with E-state index in [4.69, 9.17) is 9.26 Å². The first kappa shape index (κ1) is 19.7. The molecule has 1 aromatic heterocycles. The maximum absolute atomic E-state index is 12.2. The zero-order chi connectivity index (χ0) is 20.8. The van der Waals surface area contributed by atoms with Crippen molar-refractivity contribution < 1.29 is 18.8 Å². The number of nitrogens with zero attached hydrogens (tertiary/aromatic N) is 1. The SMILES string of the molecule is O=C(Nc1ccc(OCc2cc(C(=O)NC3CCCC3)no2)cc1)c1ccccc1. The molecule has 1 aliphatic carbocycles. The molecule has 0 radical (unpaired) electrons. The Labute approximate surface area is 174 Å². The molecule has 7 heteroatoms. The molecule has 2 amide bonds. The van der Waals surface area contributed by atoms with Crippen molar-refractivity contribution in [2.75, 3.05) is 5.32 Å². The Morgan fingerprint density at radius 2 is 1.73 bits per heavy atom. The molecule has 0 atom stereocenters. The summed E-state index contributed by atoms with van der Waals surface area (Å²) in [6.45, 7) is 0.152. The predicted octanol–water partition coefficient (Wildman–Crippen LogP) is 4.18. The fraction of sp³-hybridized carbons (Fsp3) is 0.261. The summed E-state index contributed by atoms with van der Waals surface area (Å²) in [5, 5.41) is 9.65. The molecule has 0 unspecified atom stereocenters. The van der Waals surface area contributed by atoms with Crippen LogP contribution in [0.5, 0.6) is 5.75 Å². The van der Waals surface area contributed by atoms with Gasteiger partial charge in [0.2, 0.25) is 0 Å². The van der Waals surface area contributed by atoms with Crippen LogP contribution in [0, 0.1) is 0 Å². The number of rotatable bonds is 7. The van der Waals surface area contributed by atoms with Crippen LogP contribution in [0.15, 0.2) is 65.2 Å². The Balaban J connectivity index is 1.27. The number of benzene rings is 2. The first-order valence-electron chi connectivity index (χ1n) is 10.0. The minimum absolute atomic E-state index is 0.152. The molecule has 0 saturated heterocycles. The molecule has 1 aliphatic rings. The number of aromatic nitrogens is 1. The molecule has 0 spiro atoms. The highest BCUT2D eigenvalue weighted by molar-refractivity contribution is 6.04. The topological polar surface area (TPSA) is 93.5 Å². The quantitative estimate of drug-likeness (QED) is 0.615. The Kier molecular flexibility index (Phi) is 6.08. The lowest BCUT2D eigenvalue weighted by molar-refractivity contribution is 0.0927. The number of carbonyl (C=O) groups excluding carboxylic acids is 2. The van der Waals surface area contributed by atoms with E-state index in [9.17, 15) is 9.59 Å². The zero-order valence-electron chi connectivity index (χ0n) is 16.5. The molecule has 154 valence electrons. The molecule has 4 rings (SSSR count). The molecule has 0 bridgehead atoms. The van der Waals surface area contributed by atoms with Crippen molar-refractivity contribution in [3.63, 3.8) is 0 Å². The van der Waals surface area contributed by atoms with Gasteiger partial charge in [-0.3, -0.25) is 9.59 Å². The maximum Gasteiger partial charge on any atom is 0.273 e. The average Bonchev–Trinajstić information content (AvgIpc) is 3.46. The Hall–Kier alpha value is -3.61. The van der Waals surface area contributed by atoms with Gasteiger partial charge in [0.1, 0.15) is 12.4 Å². The van der Waals surface area contributed by atoms with Crippen LogP contribution in [0.3, 0.4) is 0 Å². The van der Waals surface area contributed by atoms with Crippen molar-refractivity contribution in [2.24, 2.45) is 0 Å². The highest BCUT2D eigenvalue weighted by atomic mass is 16.5. The number of hydrogen-bond acceptors (Lipinski definition) is 5. The Morgan fingerprint density at radius 3 is 2.47 bits per heavy atom. The van der Waals surface area contributed by atoms with Gasteiger partial charge in [-0.2, -0.15) is 0 Å². The van der Waals surface area contributed by atoms with Gasteiger partial charge < -0.3 is 19.9 Å². The van der Waals surface area contributed by atoms with Crippen molar-refractivity contribution in [3.05, 3.63) is 77.7 Å². The van der Waals surface area contributed by atoms with Crippen molar-refractivity contribution >= 4 is 17.5 Å². The van der Waals surface area contributed by atoms with Gasteiger partial charge in [-0.05, 0) is 49.2 Å². The summed E-state index contributed by atoms with van der Waals surface area (Å²) in [4.78, 5) is 24.4. The van der Waals surface area contributed by atoms with Gasteiger partial charge in [0.05, 0.1) is 0 Å². The molecule has 2 N–H and O–H groups in total. The standard InChI is InChI=1S/C23H23N3O4/c27-22(16-6-2-1-3-7-16)24-18-10-12-19(13-11-18)29-15-20-14-21(26-30-20)23(28)25-17-8-4-5-9-17/h1-3,6-7,10-14,17H,4-5,8-9,15H2,(H,24,27)(H,25,28). The summed E-state index contributed by atoms with van der Waals surface area (Å²) >= 11 is 0. The predicted molar refractivity (Wildman–Crippen MR) is 111 cm³/mol. The van der Waals surface area contributed by atoms with Gasteiger partial charge in [0.25, 0.3) is 11.8 Å². The highest BCUT2D eigenvalue weighted by Gasteiger charge is 2.20. The number of ether oxygens (including phenoxy) is 1. The molecule has 1 fully saturated rings. The lowest BCUT2D eigenvalue weighted by Gasteiger charge is -2.09. The summed E-state index contributed by atoms with van der Waals surface area (Å²) in [6, 6.07) is 17.9. The first-order chi connectivity index (χ1) is 14.7. The second-order valence-corrected chi connectivity index (χ2v) is 7.27. The third-order valence-electron chi connectivity index (χ3n) is 5.01. The van der Waals surface area contributed by atoms with Crippen LogP contribution in [0.2, 0.25) is 0 Å². The van der Waals surface area contributed by atoms with E-state index in [0.29, 0.717) is 22.8 Å². The zero-order valence-corrected chi connectivity index (χ0v) is 16.5. The summed E-state index contributed by atoms with van der Waals surface area (Å²) < 4.78 is 10.9. The number of nitrogens with one attached hydrogen (secondary N) is 2. The Bertz CT molecular complexity index is 993. The van der Waals surface area contributed by atoms with Gasteiger partial charge in [-0.25, -0.2) is 0 Å². The summed E-state index contributed by atoms with van der Waals surface area (Å²) in [6.07, 6.45) is 4.33. The third-order valence-corrected chi connectivity index (χ3v) is 5.01. The van der Waals surface area contributed by atoms with E-state index in [0.717, 1.165) is 25.7 Å². The highest BCUT2D eigenvalue weighted by Crippen LogP contribution is 2.19. The van der Waals surface area contributed by atoms with Crippen molar-refractivity contribution in [3.8, 4) is 5.75 Å². The summed E-state index contributed by atoms with van der Waals surface area (Å²) in [7, 11) is 0. The van der Waals surface area contributed by atoms with Crippen molar-refractivity contribution in [1.29, 1.82) is 0 Å². The van der Waals surface area contributed by atoms with Crippen LogP contribution in [-0.4, -0.2) is 23.0 Å². The van der Waals surface area contributed by atoms with Gasteiger partial charge in [-0.1, -0.05) is 36.2 Å². The van der Waals surface area contributed by atoms with Crippen LogP contribution in [0.4, 0.5) is 5.69 Å². The van der Waals surface area contributed by atoms with E-state index in [1.165, 1.54) is 0 Å². The first-order valence-corrected chi connectivity index (χ1v) is 10.0. The number of carbonyl (C=O) groups is 2. The van der Waals surface area contributed by atoms with E-state index in [2.05, 4.69) is 15.8 Å². The van der Waals surface area contributed by atoms with Crippen molar-refractivity contribution in [1.82, 2.24) is 10.5 Å². The molecule has 1 heterocycles. The largest absolute Gasteiger partial charge is 0.486 e. The van der Waals surface area contributed by atoms with Crippen LogP contribution < -0.4 is 15.4 Å². The number of hydrogen-bond donors (Lipinski definition) is 2. The van der Waals surface area contributed by atoms with Gasteiger partial charge in [0, 0.05) is 23.4 Å². The Morgan fingerprint density at radius 1 is 1.00 bits per heavy atom. The maximum atomic E-state index is 12.2. The van der Waals surface area contributed by atoms with E-state index in [-0.39, 0.29) is 30.2 Å². The third kappa shape index (κ3) is 5.05. The molecule has 3 aromatic rings. The monoisotopic (exact) mass is 405 g/mol. The molecular formula is C23H23N3O4. The molecule has 0 aliphatic heterocycles. The molecule has 1 saturated carbocycles. The van der Waals surface area contributed by atoms with Crippen LogP contribution >= 0.6 is 0 Å². The van der Waals surface area contributed by atoms with Crippen molar-refractivity contribution in [2.45, 2.75) is 38.3 Å². The fourth-order valence-corrected chi connectivity index (χ4v) is 3.40. The average molecular weight is 405 g/mol. The van der Waals surface area contributed by atoms with E-state index < -0.39 is 0 Å². The molecule has 7 nitrogen and oxygen atoms in total. The summed E-state index contributed by atoms with van der Waals surface area (Å²) in [5.74, 6) is 0.693. The van der Waals surface area contributed by atoms with E-state index in [1.54, 1.807) is 42.5 Å². The van der Waals surface area contributed by atoms with Gasteiger partial charge in [0.15, 0.2) is 11.5 Å². The second-order valence-electron chi connectivity index (χ2n) is 7.27. The number of anilines is 1. The van der Waals surface area contributed by atoms with Gasteiger partial charge in [-0.15, -0.1) is 0 Å². The molecule has 2 aromatic carbocycles. The lowest BCUT2D eigenvalue weighted by atomic mass is 10.2. The fourth-order valence-electron chi connectivity index (χ4n) is 3.40. The smallest absolute Gasteiger partial charge is 0.273 e. The summed E-state index contributed by atoms with van der Waals surface area (Å²) in [5.41, 5.74) is 1.53. The minimum Gasteiger partial charge on any atom is -0.486 e. The van der Waals surface area contributed by atoms with Gasteiger partial charge >= 0.3 is 0 Å². The second kappa shape index (κ2) is 9.26. The van der Waals surface area contributed by atoms with E-state index in [1.807, 2.05) is 18.2 Å². The van der Waals surface area contributed by atoms with Crippen LogP contribution in [0.25, 0.3) is 0 Å². The van der Waals surface area contributed by atoms with E-state index >= 15 is 0 Å². The minimum atomic E-state index is -0.213. The van der Waals surface area contributed by atoms with Crippen LogP contribution in [0.1, 0.15) is 52.3 Å². The normalized spacial score (nSPS) is 13.7. The van der Waals surface area contributed by atoms with Crippen LogP contribution in [-0.2, 0) is 6.61 Å². The molecular weight excluding hydrogens is 382 g/mol.